The lowest BCUT2D eigenvalue weighted by atomic mass is 10.1. The summed E-state index contributed by atoms with van der Waals surface area (Å²) in [5.41, 5.74) is 6.27. The van der Waals surface area contributed by atoms with E-state index < -0.39 is 0 Å². The van der Waals surface area contributed by atoms with Crippen molar-refractivity contribution < 1.29 is 0 Å². The van der Waals surface area contributed by atoms with Gasteiger partial charge in [-0.3, -0.25) is 9.78 Å². The standard InChI is InChI=1S/C14H16N4O/c1-9-6-4-5-7-12(9)11(3)17-18-14-15-10(2)8-13(19)16-14/h4-8H,1-3H3,(H2,15,16,18,19)/b17-11-. The Labute approximate surface area is 111 Å². The van der Waals surface area contributed by atoms with Crippen LogP contribution in [0.4, 0.5) is 5.95 Å². The predicted octanol–water partition coefficient (Wildman–Crippen LogP) is 2.22. The lowest BCUT2D eigenvalue weighted by Crippen LogP contribution is -2.11. The average molecular weight is 256 g/mol. The molecule has 0 bridgehead atoms. The molecular weight excluding hydrogens is 240 g/mol. The van der Waals surface area contributed by atoms with Gasteiger partial charge in [-0.05, 0) is 26.3 Å². The summed E-state index contributed by atoms with van der Waals surface area (Å²) in [5.74, 6) is 0.345. The molecule has 0 spiro atoms. The molecule has 5 heteroatoms. The minimum Gasteiger partial charge on any atom is -0.291 e. The van der Waals surface area contributed by atoms with E-state index in [1.807, 2.05) is 38.1 Å². The Kier molecular flexibility index (Phi) is 3.75. The Morgan fingerprint density at radius 2 is 2.05 bits per heavy atom. The molecule has 2 rings (SSSR count). The third-order valence-corrected chi connectivity index (χ3v) is 2.73. The highest BCUT2D eigenvalue weighted by Crippen LogP contribution is 2.08. The zero-order valence-electron chi connectivity index (χ0n) is 11.2. The molecule has 0 saturated carbocycles. The molecule has 0 aliphatic carbocycles. The number of anilines is 1. The van der Waals surface area contributed by atoms with Gasteiger partial charge in [-0.15, -0.1) is 0 Å². The predicted molar refractivity (Wildman–Crippen MR) is 76.6 cm³/mol. The van der Waals surface area contributed by atoms with Gasteiger partial charge in [-0.25, -0.2) is 10.4 Å². The molecule has 0 aliphatic rings. The molecule has 0 fully saturated rings. The van der Waals surface area contributed by atoms with Crippen molar-refractivity contribution >= 4 is 11.7 Å². The number of aromatic amines is 1. The van der Waals surface area contributed by atoms with Crippen LogP contribution in [0.3, 0.4) is 0 Å². The van der Waals surface area contributed by atoms with Crippen molar-refractivity contribution in [2.24, 2.45) is 5.10 Å². The summed E-state index contributed by atoms with van der Waals surface area (Å²) in [7, 11) is 0. The Bertz CT molecular complexity index is 673. The van der Waals surface area contributed by atoms with Gasteiger partial charge in [-0.1, -0.05) is 24.3 Å². The zero-order valence-corrected chi connectivity index (χ0v) is 11.2. The van der Waals surface area contributed by atoms with Crippen molar-refractivity contribution in [3.8, 4) is 0 Å². The van der Waals surface area contributed by atoms with Crippen molar-refractivity contribution in [3.05, 3.63) is 57.5 Å². The van der Waals surface area contributed by atoms with Crippen LogP contribution in [0, 0.1) is 13.8 Å². The van der Waals surface area contributed by atoms with Gasteiger partial charge in [0.25, 0.3) is 5.56 Å². The van der Waals surface area contributed by atoms with Gasteiger partial charge in [0, 0.05) is 17.3 Å². The number of aryl methyl sites for hydroxylation is 2. The van der Waals surface area contributed by atoms with Crippen LogP contribution in [0.25, 0.3) is 0 Å². The van der Waals surface area contributed by atoms with Crippen LogP contribution < -0.4 is 11.0 Å². The fourth-order valence-corrected chi connectivity index (χ4v) is 1.81. The van der Waals surface area contributed by atoms with Crippen molar-refractivity contribution in [2.45, 2.75) is 20.8 Å². The largest absolute Gasteiger partial charge is 0.291 e. The van der Waals surface area contributed by atoms with E-state index in [0.717, 1.165) is 16.8 Å². The van der Waals surface area contributed by atoms with Crippen LogP contribution in [-0.2, 0) is 0 Å². The number of H-pyrrole nitrogens is 1. The zero-order chi connectivity index (χ0) is 13.8. The number of rotatable bonds is 3. The fourth-order valence-electron chi connectivity index (χ4n) is 1.81. The van der Waals surface area contributed by atoms with Crippen LogP contribution in [0.15, 0.2) is 40.2 Å². The SMILES string of the molecule is C/C(=N/Nc1nc(C)cc(=O)[nH]1)c1ccccc1C. The van der Waals surface area contributed by atoms with E-state index in [4.69, 9.17) is 0 Å². The molecule has 2 N–H and O–H groups in total. The van der Waals surface area contributed by atoms with Gasteiger partial charge < -0.3 is 0 Å². The van der Waals surface area contributed by atoms with E-state index in [1.54, 1.807) is 6.92 Å². The molecule has 0 unspecified atom stereocenters. The molecule has 0 amide bonds. The third kappa shape index (κ3) is 3.28. The van der Waals surface area contributed by atoms with E-state index in [0.29, 0.717) is 11.6 Å². The van der Waals surface area contributed by atoms with Crippen LogP contribution >= 0.6 is 0 Å². The topological polar surface area (TPSA) is 70.1 Å². The van der Waals surface area contributed by atoms with Gasteiger partial charge in [0.15, 0.2) is 0 Å². The van der Waals surface area contributed by atoms with Gasteiger partial charge >= 0.3 is 0 Å². The molecule has 5 nitrogen and oxygen atoms in total. The van der Waals surface area contributed by atoms with Gasteiger partial charge in [-0.2, -0.15) is 5.10 Å². The minimum absolute atomic E-state index is 0.196. The van der Waals surface area contributed by atoms with Gasteiger partial charge in [0.1, 0.15) is 0 Å². The number of benzene rings is 1. The maximum Gasteiger partial charge on any atom is 0.252 e. The van der Waals surface area contributed by atoms with E-state index in [1.165, 1.54) is 6.07 Å². The highest BCUT2D eigenvalue weighted by atomic mass is 16.1. The first kappa shape index (κ1) is 13.0. The van der Waals surface area contributed by atoms with Crippen molar-refractivity contribution in [3.63, 3.8) is 0 Å². The number of hydrogen-bond acceptors (Lipinski definition) is 4. The molecule has 98 valence electrons. The van der Waals surface area contributed by atoms with Crippen LogP contribution in [0.1, 0.15) is 23.7 Å². The van der Waals surface area contributed by atoms with Crippen molar-refractivity contribution in [2.75, 3.05) is 5.43 Å². The number of hydrogen-bond donors (Lipinski definition) is 2. The Morgan fingerprint density at radius 1 is 1.32 bits per heavy atom. The Balaban J connectivity index is 2.23. The monoisotopic (exact) mass is 256 g/mol. The summed E-state index contributed by atoms with van der Waals surface area (Å²) in [6.07, 6.45) is 0. The fraction of sp³-hybridized carbons (Fsp3) is 0.214. The molecule has 0 radical (unpaired) electrons. The average Bonchev–Trinajstić information content (AvgIpc) is 2.35. The Hall–Kier alpha value is -2.43. The number of aromatic nitrogens is 2. The lowest BCUT2D eigenvalue weighted by Gasteiger charge is -2.05. The molecular formula is C14H16N4O. The number of nitrogens with zero attached hydrogens (tertiary/aromatic N) is 2. The molecule has 2 aromatic rings. The maximum atomic E-state index is 11.3. The number of nitrogens with one attached hydrogen (secondary N) is 2. The molecule has 0 saturated heterocycles. The Morgan fingerprint density at radius 3 is 2.74 bits per heavy atom. The summed E-state index contributed by atoms with van der Waals surface area (Å²) in [6.45, 7) is 5.70. The van der Waals surface area contributed by atoms with E-state index in [2.05, 4.69) is 20.5 Å². The lowest BCUT2D eigenvalue weighted by molar-refractivity contribution is 1.04. The normalized spacial score (nSPS) is 11.4. The first-order chi connectivity index (χ1) is 9.06. The summed E-state index contributed by atoms with van der Waals surface area (Å²) >= 11 is 0. The number of hydrazone groups is 1. The quantitative estimate of drug-likeness (QED) is 0.653. The first-order valence-electron chi connectivity index (χ1n) is 6.00. The molecule has 0 aliphatic heterocycles. The van der Waals surface area contributed by atoms with Crippen molar-refractivity contribution in [1.82, 2.24) is 9.97 Å². The second-order valence-electron chi connectivity index (χ2n) is 4.36. The van der Waals surface area contributed by atoms with Crippen LogP contribution in [0.5, 0.6) is 0 Å². The first-order valence-corrected chi connectivity index (χ1v) is 6.00. The van der Waals surface area contributed by atoms with Gasteiger partial charge in [0.2, 0.25) is 5.95 Å². The van der Waals surface area contributed by atoms with Crippen molar-refractivity contribution in [1.29, 1.82) is 0 Å². The molecule has 19 heavy (non-hydrogen) atoms. The van der Waals surface area contributed by atoms with E-state index >= 15 is 0 Å². The van der Waals surface area contributed by atoms with Crippen LogP contribution in [-0.4, -0.2) is 15.7 Å². The molecule has 1 heterocycles. The summed E-state index contributed by atoms with van der Waals surface area (Å²) in [5, 5.41) is 4.24. The third-order valence-electron chi connectivity index (χ3n) is 2.73. The summed E-state index contributed by atoms with van der Waals surface area (Å²) in [4.78, 5) is 18.0. The minimum atomic E-state index is -0.196. The molecule has 1 aromatic heterocycles. The molecule has 0 atom stereocenters. The summed E-state index contributed by atoms with van der Waals surface area (Å²) in [6, 6.07) is 9.42. The second kappa shape index (κ2) is 5.48. The van der Waals surface area contributed by atoms with E-state index in [-0.39, 0.29) is 5.56 Å². The maximum absolute atomic E-state index is 11.3. The highest BCUT2D eigenvalue weighted by molar-refractivity contribution is 6.00. The second-order valence-corrected chi connectivity index (χ2v) is 4.36. The smallest absolute Gasteiger partial charge is 0.252 e. The highest BCUT2D eigenvalue weighted by Gasteiger charge is 2.01. The van der Waals surface area contributed by atoms with Gasteiger partial charge in [0.05, 0.1) is 5.71 Å². The summed E-state index contributed by atoms with van der Waals surface area (Å²) < 4.78 is 0. The molecule has 1 aromatic carbocycles. The van der Waals surface area contributed by atoms with E-state index in [9.17, 15) is 4.79 Å². The van der Waals surface area contributed by atoms with Crippen LogP contribution in [0.2, 0.25) is 0 Å².